The number of β-amino-alcohol motifs (C(OH)–C–C–N with tert-alkyl or cyclic N) is 5. The first-order valence-electron chi connectivity index (χ1n) is 29.6. The maximum Gasteiger partial charge on any atom is 0.227 e. The maximum absolute atomic E-state index is 13.9. The molecule has 1 aromatic carbocycles. The van der Waals surface area contributed by atoms with Crippen LogP contribution in [0, 0.1) is 0 Å². The molecular formula is C58H78N20O7. The Morgan fingerprint density at radius 2 is 0.635 bits per heavy atom. The summed E-state index contributed by atoms with van der Waals surface area (Å²) in [5.41, 5.74) is 1.71. The number of piperazine rings is 5. The number of phenolic OH excluding ortho intramolecular Hbond substituents is 1. The molecule has 0 spiro atoms. The fraction of sp³-hybridized carbons (Fsp3) is 0.552. The number of anilines is 5. The molecule has 27 heteroatoms. The second-order valence-electron chi connectivity index (χ2n) is 23.1. The molecule has 0 aliphatic carbocycles. The number of aromatic hydroxyl groups is 1. The molecule has 0 radical (unpaired) electrons. The summed E-state index contributed by atoms with van der Waals surface area (Å²) >= 11 is 0. The van der Waals surface area contributed by atoms with E-state index >= 15 is 0 Å². The van der Waals surface area contributed by atoms with Gasteiger partial charge in [-0.1, -0.05) is 0 Å². The van der Waals surface area contributed by atoms with Gasteiger partial charge in [0, 0.05) is 219 Å². The van der Waals surface area contributed by atoms with Gasteiger partial charge in [0.15, 0.2) is 0 Å². The largest absolute Gasteiger partial charge is 0.507 e. The molecule has 27 nitrogen and oxygen atoms in total. The van der Waals surface area contributed by atoms with E-state index in [2.05, 4.69) is 109 Å². The Kier molecular flexibility index (Phi) is 16.9. The molecule has 85 heavy (non-hydrogen) atoms. The number of hydrogen-bond acceptors (Lipinski definition) is 27. The number of fused-ring (bicyclic) bond motifs is 1. The van der Waals surface area contributed by atoms with Crippen LogP contribution in [0.1, 0.15) is 75.0 Å². The van der Waals surface area contributed by atoms with E-state index < -0.39 is 66.9 Å². The molecule has 0 amide bonds. The number of phenols is 1. The Labute approximate surface area is 494 Å². The Morgan fingerprint density at radius 3 is 0.929 bits per heavy atom. The number of ether oxygens (including phenoxy) is 1. The summed E-state index contributed by atoms with van der Waals surface area (Å²) in [6, 6.07) is 6.40. The monoisotopic (exact) mass is 1170 g/mol. The van der Waals surface area contributed by atoms with Crippen molar-refractivity contribution in [2.75, 3.05) is 123 Å². The molecule has 5 fully saturated rings. The molecule has 6 aliphatic heterocycles. The van der Waals surface area contributed by atoms with Gasteiger partial charge >= 0.3 is 0 Å². The van der Waals surface area contributed by atoms with Gasteiger partial charge in [-0.05, 0) is 65.0 Å². The van der Waals surface area contributed by atoms with Crippen LogP contribution in [0.3, 0.4) is 0 Å². The van der Waals surface area contributed by atoms with Gasteiger partial charge in [-0.3, -0.25) is 24.5 Å². The van der Waals surface area contributed by atoms with Crippen molar-refractivity contribution in [3.8, 4) is 11.5 Å². The minimum atomic E-state index is -1.13. The fourth-order valence-corrected chi connectivity index (χ4v) is 13.9. The number of rotatable bonds is 15. The summed E-state index contributed by atoms with van der Waals surface area (Å²) in [4.78, 5) is 65.0. The van der Waals surface area contributed by atoms with Gasteiger partial charge in [0.05, 0.1) is 0 Å². The zero-order valence-electron chi connectivity index (χ0n) is 48.8. The lowest BCUT2D eigenvalue weighted by atomic mass is 9.78. The summed E-state index contributed by atoms with van der Waals surface area (Å²) in [5.74, 6) is 2.84. The molecule has 12 rings (SSSR count). The van der Waals surface area contributed by atoms with E-state index in [4.69, 9.17) is 4.74 Å². The van der Waals surface area contributed by atoms with Crippen LogP contribution < -0.4 is 29.2 Å². The van der Waals surface area contributed by atoms with Crippen molar-refractivity contribution in [1.82, 2.24) is 74.3 Å². The third kappa shape index (κ3) is 11.2. The van der Waals surface area contributed by atoms with Crippen molar-refractivity contribution in [2.45, 2.75) is 108 Å². The normalized spacial score (nSPS) is 26.8. The standard InChI is InChI=1S/C58H78N20O7/c1-37(69-21-26-74(43(79)32-69)53-59-11-6-12-60-53)48-42-31-58(40(4)72-24-29-77(46(82)35-72)56-65-17-9-18-66-56,41(5)73-25-30-78(47(83)36-73)57-67-19-10-20-68-57)85-52(42)50(39(3)71-23-28-76(45(81)34-71)55-63-15-8-16-64-55)49(51(48)84)38(2)70-22-27-75(44(80)33-70)54-61-13-7-14-62-54/h6-20,37-41,43-47,79-84H,21-36H2,1-5H3. The molecule has 452 valence electrons. The van der Waals surface area contributed by atoms with Gasteiger partial charge in [-0.15, -0.1) is 0 Å². The molecule has 5 saturated heterocycles. The molecule has 11 heterocycles. The van der Waals surface area contributed by atoms with Crippen LogP contribution >= 0.6 is 0 Å². The molecule has 0 bridgehead atoms. The molecule has 10 unspecified atom stereocenters. The van der Waals surface area contributed by atoms with E-state index in [0.717, 1.165) is 11.1 Å². The third-order valence-electron chi connectivity index (χ3n) is 18.8. The highest BCUT2D eigenvalue weighted by Crippen LogP contribution is 2.56. The smallest absolute Gasteiger partial charge is 0.227 e. The fourth-order valence-electron chi connectivity index (χ4n) is 13.9. The van der Waals surface area contributed by atoms with E-state index in [1.165, 1.54) is 0 Å². The van der Waals surface area contributed by atoms with Crippen molar-refractivity contribution in [1.29, 1.82) is 0 Å². The average Bonchev–Trinajstić information content (AvgIpc) is 1.83. The maximum atomic E-state index is 13.9. The van der Waals surface area contributed by atoms with Gasteiger partial charge in [0.25, 0.3) is 0 Å². The summed E-state index contributed by atoms with van der Waals surface area (Å²) < 4.78 is 8.14. The summed E-state index contributed by atoms with van der Waals surface area (Å²) in [6.45, 7) is 16.2. The van der Waals surface area contributed by atoms with E-state index in [9.17, 15) is 30.6 Å². The highest BCUT2D eigenvalue weighted by Gasteiger charge is 2.57. The number of hydrogen-bond donors (Lipinski definition) is 6. The number of benzene rings is 1. The molecule has 6 N–H and O–H groups in total. The van der Waals surface area contributed by atoms with Crippen LogP contribution in [0.15, 0.2) is 92.3 Å². The Bertz CT molecular complexity index is 3110. The van der Waals surface area contributed by atoms with Crippen LogP contribution in [0.5, 0.6) is 11.5 Å². The average molecular weight is 1170 g/mol. The summed E-state index contributed by atoms with van der Waals surface area (Å²) in [5, 5.41) is 74.0. The van der Waals surface area contributed by atoms with Crippen molar-refractivity contribution >= 4 is 29.7 Å². The first-order valence-corrected chi connectivity index (χ1v) is 29.6. The van der Waals surface area contributed by atoms with Gasteiger partial charge in [0.1, 0.15) is 48.2 Å². The molecule has 5 aromatic heterocycles. The van der Waals surface area contributed by atoms with Crippen molar-refractivity contribution in [3.05, 3.63) is 115 Å². The first kappa shape index (κ1) is 58.2. The van der Waals surface area contributed by atoms with Crippen LogP contribution in [0.4, 0.5) is 29.7 Å². The van der Waals surface area contributed by atoms with Gasteiger partial charge < -0.3 is 59.9 Å². The zero-order chi connectivity index (χ0) is 59.1. The van der Waals surface area contributed by atoms with Crippen LogP contribution in [0.25, 0.3) is 0 Å². The molecule has 10 atom stereocenters. The minimum Gasteiger partial charge on any atom is -0.507 e. The van der Waals surface area contributed by atoms with Crippen LogP contribution in [-0.4, -0.2) is 252 Å². The predicted octanol–water partition coefficient (Wildman–Crippen LogP) is 0.679. The van der Waals surface area contributed by atoms with Crippen LogP contribution in [-0.2, 0) is 6.42 Å². The van der Waals surface area contributed by atoms with E-state index in [0.29, 0.717) is 118 Å². The van der Waals surface area contributed by atoms with Crippen LogP contribution in [0.2, 0.25) is 0 Å². The minimum absolute atomic E-state index is 0.0857. The molecule has 0 saturated carbocycles. The summed E-state index contributed by atoms with van der Waals surface area (Å²) in [6.07, 6.45) is 12.1. The van der Waals surface area contributed by atoms with E-state index in [1.54, 1.807) is 107 Å². The second-order valence-corrected chi connectivity index (χ2v) is 23.1. The highest BCUT2D eigenvalue weighted by atomic mass is 16.5. The third-order valence-corrected chi connectivity index (χ3v) is 18.8. The van der Waals surface area contributed by atoms with Crippen molar-refractivity contribution in [2.24, 2.45) is 0 Å². The Morgan fingerprint density at radius 1 is 0.376 bits per heavy atom. The summed E-state index contributed by atoms with van der Waals surface area (Å²) in [7, 11) is 0. The van der Waals surface area contributed by atoms with Crippen molar-refractivity contribution < 1.29 is 35.4 Å². The Hall–Kier alpha value is -7.18. The quantitative estimate of drug-likeness (QED) is 0.0824. The number of aliphatic hydroxyl groups excluding tert-OH is 5. The molecule has 6 aliphatic rings. The number of nitrogens with zero attached hydrogens (tertiary/aromatic N) is 20. The Balaban J connectivity index is 0.991. The SMILES string of the molecule is CC(c1c(O)c(C(C)N2CCN(c3ncccn3)C(O)C2)c(C(C)N2CCN(c3ncccn3)C(O)C2)c2c1CC(C(C)N1CCN(c3ncccn3)C(O)C1)(C(C)N1CCN(c3ncccn3)C(O)C1)O2)N1CCN(c2ncccn2)C(O)C1. The number of aromatic nitrogens is 10. The highest BCUT2D eigenvalue weighted by molar-refractivity contribution is 5.65. The van der Waals surface area contributed by atoms with Gasteiger partial charge in [-0.2, -0.15) is 0 Å². The topological polar surface area (TPSA) is 292 Å². The lowest BCUT2D eigenvalue weighted by Crippen LogP contribution is -2.69. The second kappa shape index (κ2) is 24.7. The lowest BCUT2D eigenvalue weighted by molar-refractivity contribution is -0.0866. The van der Waals surface area contributed by atoms with E-state index in [-0.39, 0.29) is 38.5 Å². The first-order chi connectivity index (χ1) is 41.2. The predicted molar refractivity (Wildman–Crippen MR) is 314 cm³/mol. The van der Waals surface area contributed by atoms with Gasteiger partial charge in [0.2, 0.25) is 29.7 Å². The molecular weight excluding hydrogens is 1090 g/mol. The van der Waals surface area contributed by atoms with E-state index in [1.807, 2.05) is 9.80 Å². The number of aliphatic hydroxyl groups is 5. The van der Waals surface area contributed by atoms with Crippen molar-refractivity contribution in [3.63, 3.8) is 0 Å². The zero-order valence-corrected chi connectivity index (χ0v) is 48.8. The van der Waals surface area contributed by atoms with Gasteiger partial charge in [-0.25, -0.2) is 49.8 Å². The molecule has 6 aromatic rings. The lowest BCUT2D eigenvalue weighted by Gasteiger charge is -2.52.